The number of nitrogens with two attached hydrogens (primary N) is 1. The van der Waals surface area contributed by atoms with Crippen LogP contribution in [0.5, 0.6) is 0 Å². The van der Waals surface area contributed by atoms with Gasteiger partial charge in [-0.1, -0.05) is 0 Å². The maximum Gasteiger partial charge on any atom is 0.430 e. The minimum absolute atomic E-state index is 0.0741. The molecule has 1 rings (SSSR count). The van der Waals surface area contributed by atoms with Crippen molar-refractivity contribution in [2.24, 2.45) is 5.73 Å². The fourth-order valence-electron chi connectivity index (χ4n) is 0.813. The normalized spacial score (nSPS) is 21.3. The number of rotatable bonds is 1. The van der Waals surface area contributed by atoms with Crippen molar-refractivity contribution >= 4 is 11.9 Å². The summed E-state index contributed by atoms with van der Waals surface area (Å²) in [5.41, 5.74) is 5.35. The highest BCUT2D eigenvalue weighted by molar-refractivity contribution is 5.72. The maximum atomic E-state index is 10.5. The quantitative estimate of drug-likeness (QED) is 0.375. The highest BCUT2D eigenvalue weighted by Crippen LogP contribution is 2.11. The van der Waals surface area contributed by atoms with Crippen LogP contribution in [0.1, 0.15) is 6.92 Å². The Kier molecular flexibility index (Phi) is 5.02. The Labute approximate surface area is 89.0 Å². The van der Waals surface area contributed by atoms with E-state index in [2.05, 4.69) is 10.3 Å². The number of guanidine groups is 1. The van der Waals surface area contributed by atoms with Gasteiger partial charge in [0, 0.05) is 0 Å². The maximum absolute atomic E-state index is 10.5. The molecule has 0 aliphatic carbocycles. The number of aliphatic hydroxyl groups is 1. The second-order valence-electron chi connectivity index (χ2n) is 3.07. The Balaban J connectivity index is 0.000000293. The van der Waals surface area contributed by atoms with Crippen LogP contribution in [-0.4, -0.2) is 41.9 Å². The molecule has 94 valence electrons. The highest BCUT2D eigenvalue weighted by Gasteiger charge is 2.28. The molecule has 0 bridgehead atoms. The van der Waals surface area contributed by atoms with Crippen LogP contribution in [0.2, 0.25) is 0 Å². The average molecular weight is 243 g/mol. The number of hydrogen-bond donors (Lipinski definition) is 4. The Morgan fingerprint density at radius 2 is 2.19 bits per heavy atom. The summed E-state index contributed by atoms with van der Waals surface area (Å²) in [6.07, 6.45) is -5.54. The molecule has 9 heteroatoms. The third-order valence-corrected chi connectivity index (χ3v) is 1.67. The van der Waals surface area contributed by atoms with Crippen LogP contribution in [0.3, 0.4) is 0 Å². The first-order valence-electron chi connectivity index (χ1n) is 4.23. The van der Waals surface area contributed by atoms with Crippen molar-refractivity contribution in [3.05, 3.63) is 0 Å². The van der Waals surface area contributed by atoms with Gasteiger partial charge in [0.25, 0.3) is 0 Å². The number of alkyl halides is 3. The molecule has 2 atom stereocenters. The predicted molar refractivity (Wildman–Crippen MR) is 44.7 cm³/mol. The van der Waals surface area contributed by atoms with E-state index in [1.807, 2.05) is 0 Å². The third kappa shape index (κ3) is 5.39. The molecule has 0 radical (unpaired) electrons. The minimum Gasteiger partial charge on any atom is -0.542 e. The van der Waals surface area contributed by atoms with Gasteiger partial charge in [-0.3, -0.25) is 16.0 Å². The van der Waals surface area contributed by atoms with Crippen molar-refractivity contribution in [2.45, 2.75) is 25.2 Å². The Morgan fingerprint density at radius 1 is 1.75 bits per heavy atom. The molecule has 0 unspecified atom stereocenters. The van der Waals surface area contributed by atoms with Crippen molar-refractivity contribution in [3.8, 4) is 0 Å². The largest absolute Gasteiger partial charge is 0.542 e. The molecule has 0 amide bonds. The SMILES string of the molecule is C[C@H](O)[C@H]1CNC(N)=[NH+]1.O=C([O-])C(F)(F)F. The number of halogens is 3. The van der Waals surface area contributed by atoms with Crippen molar-refractivity contribution in [1.82, 2.24) is 5.32 Å². The number of carbonyl (C=O) groups is 1. The topological polar surface area (TPSA) is 112 Å². The van der Waals surface area contributed by atoms with E-state index in [1.165, 1.54) is 0 Å². The molecular formula is C7H12F3N3O3. The Morgan fingerprint density at radius 3 is 2.31 bits per heavy atom. The average Bonchev–Trinajstić information content (AvgIpc) is 2.51. The first-order chi connectivity index (χ1) is 7.14. The summed E-state index contributed by atoms with van der Waals surface area (Å²) in [5, 5.41) is 20.7. The molecule has 1 heterocycles. The van der Waals surface area contributed by atoms with E-state index in [-0.39, 0.29) is 12.1 Å². The molecule has 0 fully saturated rings. The lowest BCUT2D eigenvalue weighted by Gasteiger charge is -2.04. The first kappa shape index (κ1) is 14.5. The molecule has 6 nitrogen and oxygen atoms in total. The highest BCUT2D eigenvalue weighted by atomic mass is 19.4. The fraction of sp³-hybridized carbons (Fsp3) is 0.714. The Bertz CT molecular complexity index is 278. The van der Waals surface area contributed by atoms with E-state index in [4.69, 9.17) is 20.7 Å². The summed E-state index contributed by atoms with van der Waals surface area (Å²) in [7, 11) is 0. The zero-order valence-corrected chi connectivity index (χ0v) is 8.34. The van der Waals surface area contributed by atoms with Crippen molar-refractivity contribution in [2.75, 3.05) is 6.54 Å². The molecule has 0 aromatic heterocycles. The minimum atomic E-state index is -5.19. The van der Waals surface area contributed by atoms with Gasteiger partial charge in [0.2, 0.25) is 0 Å². The number of nitrogens with one attached hydrogen (secondary N) is 2. The monoisotopic (exact) mass is 243 g/mol. The van der Waals surface area contributed by atoms with Gasteiger partial charge in [-0.2, -0.15) is 13.2 Å². The summed E-state index contributed by atoms with van der Waals surface area (Å²) < 4.78 is 31.5. The zero-order valence-electron chi connectivity index (χ0n) is 8.34. The molecule has 0 saturated heterocycles. The number of carboxylic acid groups (broad SMARTS) is 1. The molecule has 1 aliphatic rings. The third-order valence-electron chi connectivity index (χ3n) is 1.67. The molecule has 16 heavy (non-hydrogen) atoms. The standard InChI is InChI=1S/C5H11N3O.C2HF3O2/c1-3(9)4-2-7-5(6)8-4;3-2(4,5)1(6)7/h3-4,9H,2H2,1H3,(H3,6,7,8);(H,6,7)/t3-,4+;/m0./s1. The zero-order chi connectivity index (χ0) is 12.9. The molecule has 0 aromatic carbocycles. The molecule has 1 aliphatic heterocycles. The van der Waals surface area contributed by atoms with Crippen LogP contribution in [0.15, 0.2) is 0 Å². The summed E-state index contributed by atoms with van der Waals surface area (Å²) >= 11 is 0. The lowest BCUT2D eigenvalue weighted by atomic mass is 10.2. The van der Waals surface area contributed by atoms with E-state index in [0.29, 0.717) is 12.5 Å². The van der Waals surface area contributed by atoms with E-state index in [0.717, 1.165) is 0 Å². The molecule has 5 N–H and O–H groups in total. The van der Waals surface area contributed by atoms with Gasteiger partial charge in [-0.25, -0.2) is 0 Å². The van der Waals surface area contributed by atoms with Crippen LogP contribution < -0.4 is 21.1 Å². The van der Waals surface area contributed by atoms with Crippen LogP contribution in [-0.2, 0) is 4.79 Å². The summed E-state index contributed by atoms with van der Waals surface area (Å²) in [6.45, 7) is 2.45. The van der Waals surface area contributed by atoms with Crippen LogP contribution in [0.4, 0.5) is 13.2 Å². The van der Waals surface area contributed by atoms with Crippen LogP contribution in [0, 0.1) is 0 Å². The lowest BCUT2D eigenvalue weighted by molar-refractivity contribution is -0.503. The van der Waals surface area contributed by atoms with E-state index >= 15 is 0 Å². The smallest absolute Gasteiger partial charge is 0.430 e. The van der Waals surface area contributed by atoms with Crippen LogP contribution in [0.25, 0.3) is 0 Å². The van der Waals surface area contributed by atoms with Gasteiger partial charge in [-0.15, -0.1) is 0 Å². The van der Waals surface area contributed by atoms with Gasteiger partial charge in [-0.05, 0) is 6.92 Å². The predicted octanol–water partition coefficient (Wildman–Crippen LogP) is -3.97. The van der Waals surface area contributed by atoms with E-state index in [1.54, 1.807) is 6.92 Å². The first-order valence-corrected chi connectivity index (χ1v) is 4.23. The van der Waals surface area contributed by atoms with Gasteiger partial charge in [0.15, 0.2) is 0 Å². The van der Waals surface area contributed by atoms with Gasteiger partial charge in [0.1, 0.15) is 12.0 Å². The van der Waals surface area contributed by atoms with Crippen molar-refractivity contribution < 1.29 is 33.2 Å². The molecular weight excluding hydrogens is 231 g/mol. The van der Waals surface area contributed by atoms with Gasteiger partial charge < -0.3 is 15.0 Å². The summed E-state index contributed by atoms with van der Waals surface area (Å²) in [4.78, 5) is 11.7. The number of carbonyl (C=O) groups excluding carboxylic acids is 1. The summed E-state index contributed by atoms with van der Waals surface area (Å²) in [5.74, 6) is -2.45. The van der Waals surface area contributed by atoms with Crippen molar-refractivity contribution in [1.29, 1.82) is 0 Å². The number of aliphatic carboxylic acids is 1. The summed E-state index contributed by atoms with van der Waals surface area (Å²) in [6, 6.07) is 0.0741. The van der Waals surface area contributed by atoms with Crippen LogP contribution >= 0.6 is 0 Å². The second kappa shape index (κ2) is 5.54. The van der Waals surface area contributed by atoms with Crippen molar-refractivity contribution in [3.63, 3.8) is 0 Å². The number of hydrogen-bond acceptors (Lipinski definition) is 5. The number of carboxylic acids is 1. The number of aliphatic hydroxyl groups excluding tert-OH is 1. The molecule has 0 saturated carbocycles. The molecule has 0 spiro atoms. The van der Waals surface area contributed by atoms with E-state index in [9.17, 15) is 13.2 Å². The second-order valence-corrected chi connectivity index (χ2v) is 3.07. The Hall–Kier alpha value is -1.51. The van der Waals surface area contributed by atoms with Gasteiger partial charge >= 0.3 is 12.1 Å². The van der Waals surface area contributed by atoms with Gasteiger partial charge in [0.05, 0.1) is 12.6 Å². The van der Waals surface area contributed by atoms with E-state index < -0.39 is 12.1 Å². The fourth-order valence-corrected chi connectivity index (χ4v) is 0.813. The molecule has 0 aromatic rings. The lowest BCUT2D eigenvalue weighted by Crippen LogP contribution is -2.81.